The van der Waals surface area contributed by atoms with E-state index >= 15 is 0 Å². The Morgan fingerprint density at radius 3 is 2.87 bits per heavy atom. The Labute approximate surface area is 101 Å². The van der Waals surface area contributed by atoms with E-state index in [2.05, 4.69) is 15.9 Å². The molecule has 0 spiro atoms. The van der Waals surface area contributed by atoms with Gasteiger partial charge in [-0.15, -0.1) is 11.3 Å². The average Bonchev–Trinajstić information content (AvgIpc) is 2.45. The third-order valence-corrected chi connectivity index (χ3v) is 4.70. The van der Waals surface area contributed by atoms with Gasteiger partial charge in [0.1, 0.15) is 0 Å². The first-order chi connectivity index (χ1) is 7.11. The molecule has 1 saturated heterocycles. The van der Waals surface area contributed by atoms with Crippen LogP contribution in [0.4, 0.5) is 0 Å². The van der Waals surface area contributed by atoms with E-state index in [1.54, 1.807) is 4.90 Å². The van der Waals surface area contributed by atoms with Crippen LogP contribution in [0.25, 0.3) is 0 Å². The first kappa shape index (κ1) is 11.1. The van der Waals surface area contributed by atoms with Crippen molar-refractivity contribution in [2.45, 2.75) is 6.92 Å². The van der Waals surface area contributed by atoms with Gasteiger partial charge in [0.25, 0.3) is 5.91 Å². The summed E-state index contributed by atoms with van der Waals surface area (Å²) in [6.07, 6.45) is 0. The molecule has 2 heterocycles. The number of likely N-dealkylation sites (tertiary alicyclic amines) is 1. The van der Waals surface area contributed by atoms with E-state index in [-0.39, 0.29) is 18.4 Å². The number of carbonyl (C=O) groups excluding carboxylic acids is 1. The van der Waals surface area contributed by atoms with Gasteiger partial charge in [0, 0.05) is 25.6 Å². The SMILES string of the molecule is Cc1cc(C(=O)N2CC(CO)C2)sc1Br. The topological polar surface area (TPSA) is 40.5 Å². The fourth-order valence-corrected chi connectivity index (χ4v) is 3.08. The molecule has 0 atom stereocenters. The summed E-state index contributed by atoms with van der Waals surface area (Å²) >= 11 is 4.88. The fourth-order valence-electron chi connectivity index (χ4n) is 1.57. The molecule has 1 aromatic heterocycles. The molecule has 0 aliphatic carbocycles. The monoisotopic (exact) mass is 289 g/mol. The van der Waals surface area contributed by atoms with Gasteiger partial charge in [-0.1, -0.05) is 0 Å². The van der Waals surface area contributed by atoms with Crippen LogP contribution in [0.3, 0.4) is 0 Å². The van der Waals surface area contributed by atoms with Crippen molar-refractivity contribution in [3.8, 4) is 0 Å². The predicted molar refractivity (Wildman–Crippen MR) is 63.2 cm³/mol. The molecule has 0 aromatic carbocycles. The highest BCUT2D eigenvalue weighted by atomic mass is 79.9. The summed E-state index contributed by atoms with van der Waals surface area (Å²) in [4.78, 5) is 14.4. The number of carbonyl (C=O) groups is 1. The van der Waals surface area contributed by atoms with Crippen molar-refractivity contribution in [3.05, 3.63) is 20.3 Å². The molecule has 82 valence electrons. The first-order valence-electron chi connectivity index (χ1n) is 4.78. The van der Waals surface area contributed by atoms with Crippen LogP contribution < -0.4 is 0 Å². The second kappa shape index (κ2) is 4.23. The summed E-state index contributed by atoms with van der Waals surface area (Å²) in [6.45, 7) is 3.52. The Bertz CT molecular complexity index is 365. The van der Waals surface area contributed by atoms with E-state index in [1.165, 1.54) is 11.3 Å². The highest BCUT2D eigenvalue weighted by molar-refractivity contribution is 9.11. The molecular formula is C10H12BrNO2S. The Balaban J connectivity index is 2.03. The van der Waals surface area contributed by atoms with Crippen molar-refractivity contribution in [1.29, 1.82) is 0 Å². The maximum absolute atomic E-state index is 11.9. The molecule has 1 N–H and O–H groups in total. The molecule has 0 radical (unpaired) electrons. The van der Waals surface area contributed by atoms with E-state index in [0.717, 1.165) is 14.2 Å². The van der Waals surface area contributed by atoms with E-state index < -0.39 is 0 Å². The number of rotatable bonds is 2. The zero-order chi connectivity index (χ0) is 11.0. The first-order valence-corrected chi connectivity index (χ1v) is 6.39. The lowest BCUT2D eigenvalue weighted by Gasteiger charge is -2.37. The average molecular weight is 290 g/mol. The number of hydrogen-bond donors (Lipinski definition) is 1. The summed E-state index contributed by atoms with van der Waals surface area (Å²) in [6, 6.07) is 1.91. The van der Waals surface area contributed by atoms with Crippen LogP contribution in [-0.4, -0.2) is 35.6 Å². The number of nitrogens with zero attached hydrogens (tertiary/aromatic N) is 1. The van der Waals surface area contributed by atoms with E-state index in [4.69, 9.17) is 5.11 Å². The molecule has 0 bridgehead atoms. The molecular weight excluding hydrogens is 278 g/mol. The fraction of sp³-hybridized carbons (Fsp3) is 0.500. The number of aliphatic hydroxyl groups excluding tert-OH is 1. The van der Waals surface area contributed by atoms with Crippen molar-refractivity contribution in [3.63, 3.8) is 0 Å². The number of hydrogen-bond acceptors (Lipinski definition) is 3. The summed E-state index contributed by atoms with van der Waals surface area (Å²) < 4.78 is 1.02. The van der Waals surface area contributed by atoms with Crippen LogP contribution in [0.2, 0.25) is 0 Å². The summed E-state index contributed by atoms with van der Waals surface area (Å²) in [7, 11) is 0. The quantitative estimate of drug-likeness (QED) is 0.903. The highest BCUT2D eigenvalue weighted by Gasteiger charge is 2.31. The third-order valence-electron chi connectivity index (χ3n) is 2.57. The summed E-state index contributed by atoms with van der Waals surface area (Å²) in [5.74, 6) is 0.358. The predicted octanol–water partition coefficient (Wildman–Crippen LogP) is 1.88. The van der Waals surface area contributed by atoms with Gasteiger partial charge in [-0.3, -0.25) is 4.79 Å². The summed E-state index contributed by atoms with van der Waals surface area (Å²) in [5.41, 5.74) is 1.10. The molecule has 5 heteroatoms. The van der Waals surface area contributed by atoms with Gasteiger partial charge in [0.15, 0.2) is 0 Å². The molecule has 1 aliphatic heterocycles. The van der Waals surface area contributed by atoms with Gasteiger partial charge in [0.2, 0.25) is 0 Å². The molecule has 0 saturated carbocycles. The molecule has 1 amide bonds. The standard InChI is InChI=1S/C10H12BrNO2S/c1-6-2-8(15-9(6)11)10(14)12-3-7(4-12)5-13/h2,7,13H,3-5H2,1H3. The lowest BCUT2D eigenvalue weighted by molar-refractivity contribution is 0.0366. The van der Waals surface area contributed by atoms with Crippen molar-refractivity contribution in [2.75, 3.05) is 19.7 Å². The minimum atomic E-state index is 0.0819. The van der Waals surface area contributed by atoms with Crippen molar-refractivity contribution >= 4 is 33.2 Å². The summed E-state index contributed by atoms with van der Waals surface area (Å²) in [5, 5.41) is 8.86. The maximum atomic E-state index is 11.9. The normalized spacial score (nSPS) is 16.6. The van der Waals surface area contributed by atoms with Crippen molar-refractivity contribution in [1.82, 2.24) is 4.90 Å². The molecule has 1 aliphatic rings. The van der Waals surface area contributed by atoms with Gasteiger partial charge in [-0.2, -0.15) is 0 Å². The van der Waals surface area contributed by atoms with Gasteiger partial charge < -0.3 is 10.0 Å². The number of amides is 1. The Morgan fingerprint density at radius 1 is 1.73 bits per heavy atom. The smallest absolute Gasteiger partial charge is 0.263 e. The Hall–Kier alpha value is -0.390. The lowest BCUT2D eigenvalue weighted by Crippen LogP contribution is -2.51. The second-order valence-electron chi connectivity index (χ2n) is 3.83. The van der Waals surface area contributed by atoms with E-state index in [9.17, 15) is 4.79 Å². The number of aliphatic hydroxyl groups is 1. The lowest BCUT2D eigenvalue weighted by atomic mass is 10.0. The van der Waals surface area contributed by atoms with Crippen LogP contribution >= 0.6 is 27.3 Å². The Morgan fingerprint density at radius 2 is 2.40 bits per heavy atom. The minimum Gasteiger partial charge on any atom is -0.396 e. The van der Waals surface area contributed by atoms with Crippen LogP contribution in [0.5, 0.6) is 0 Å². The molecule has 2 rings (SSSR count). The molecule has 15 heavy (non-hydrogen) atoms. The van der Waals surface area contributed by atoms with Crippen LogP contribution in [0, 0.1) is 12.8 Å². The Kier molecular flexibility index (Phi) is 3.13. The van der Waals surface area contributed by atoms with Crippen LogP contribution in [0.15, 0.2) is 9.85 Å². The zero-order valence-electron chi connectivity index (χ0n) is 8.36. The van der Waals surface area contributed by atoms with Gasteiger partial charge in [0.05, 0.1) is 8.66 Å². The molecule has 1 fully saturated rings. The van der Waals surface area contributed by atoms with Crippen LogP contribution in [-0.2, 0) is 0 Å². The van der Waals surface area contributed by atoms with E-state index in [0.29, 0.717) is 13.1 Å². The van der Waals surface area contributed by atoms with Crippen molar-refractivity contribution in [2.24, 2.45) is 5.92 Å². The van der Waals surface area contributed by atoms with Crippen molar-refractivity contribution < 1.29 is 9.90 Å². The highest BCUT2D eigenvalue weighted by Crippen LogP contribution is 2.29. The number of thiophene rings is 1. The molecule has 0 unspecified atom stereocenters. The minimum absolute atomic E-state index is 0.0819. The maximum Gasteiger partial charge on any atom is 0.263 e. The van der Waals surface area contributed by atoms with Crippen LogP contribution in [0.1, 0.15) is 15.2 Å². The molecule has 1 aromatic rings. The third kappa shape index (κ3) is 2.09. The second-order valence-corrected chi connectivity index (χ2v) is 6.20. The number of aryl methyl sites for hydroxylation is 1. The molecule has 3 nitrogen and oxygen atoms in total. The van der Waals surface area contributed by atoms with E-state index in [1.807, 2.05) is 13.0 Å². The zero-order valence-corrected chi connectivity index (χ0v) is 10.8. The van der Waals surface area contributed by atoms with Gasteiger partial charge in [-0.25, -0.2) is 0 Å². The van der Waals surface area contributed by atoms with Gasteiger partial charge >= 0.3 is 0 Å². The number of halogens is 1. The van der Waals surface area contributed by atoms with Gasteiger partial charge in [-0.05, 0) is 34.5 Å². The largest absolute Gasteiger partial charge is 0.396 e.